The Kier molecular flexibility index (Phi) is 9.21. The lowest BCUT2D eigenvalue weighted by Crippen LogP contribution is -2.39. The Morgan fingerprint density at radius 2 is 1.96 bits per heavy atom. The molecule has 5 heteroatoms. The highest BCUT2D eigenvalue weighted by molar-refractivity contribution is 14.0. The third-order valence-corrected chi connectivity index (χ3v) is 4.63. The van der Waals surface area contributed by atoms with Crippen molar-refractivity contribution >= 4 is 29.9 Å². The molecule has 0 amide bonds. The van der Waals surface area contributed by atoms with Crippen LogP contribution in [-0.4, -0.2) is 44.2 Å². The van der Waals surface area contributed by atoms with Crippen molar-refractivity contribution in [1.82, 2.24) is 10.2 Å². The van der Waals surface area contributed by atoms with Gasteiger partial charge in [0.15, 0.2) is 5.96 Å². The summed E-state index contributed by atoms with van der Waals surface area (Å²) in [4.78, 5) is 6.79. The van der Waals surface area contributed by atoms with Crippen LogP contribution in [0.5, 0.6) is 0 Å². The van der Waals surface area contributed by atoms with Gasteiger partial charge in [0, 0.05) is 39.2 Å². The van der Waals surface area contributed by atoms with Crippen molar-refractivity contribution in [2.45, 2.75) is 46.1 Å². The van der Waals surface area contributed by atoms with Crippen LogP contribution >= 0.6 is 24.0 Å². The summed E-state index contributed by atoms with van der Waals surface area (Å²) in [5.41, 5.74) is 2.86. The van der Waals surface area contributed by atoms with E-state index in [1.807, 2.05) is 7.05 Å². The maximum atomic E-state index is 5.56. The van der Waals surface area contributed by atoms with Gasteiger partial charge in [-0.1, -0.05) is 45.0 Å². The van der Waals surface area contributed by atoms with Crippen molar-refractivity contribution < 1.29 is 4.74 Å². The number of aliphatic imine (C=N–C) groups is 1. The van der Waals surface area contributed by atoms with Gasteiger partial charge in [0.25, 0.3) is 0 Å². The number of ether oxygens (including phenoxy) is 1. The predicted molar refractivity (Wildman–Crippen MR) is 117 cm³/mol. The second-order valence-corrected chi connectivity index (χ2v) is 7.61. The number of guanidine groups is 1. The van der Waals surface area contributed by atoms with E-state index in [-0.39, 0.29) is 29.4 Å². The van der Waals surface area contributed by atoms with Crippen LogP contribution in [0.4, 0.5) is 0 Å². The van der Waals surface area contributed by atoms with Gasteiger partial charge in [0.1, 0.15) is 0 Å². The fourth-order valence-corrected chi connectivity index (χ4v) is 3.08. The molecule has 1 aliphatic heterocycles. The zero-order chi connectivity index (χ0) is 17.6. The number of rotatable bonds is 5. The molecule has 1 aromatic carbocycles. The van der Waals surface area contributed by atoms with Crippen molar-refractivity contribution in [2.24, 2.45) is 10.9 Å². The number of halogens is 1. The molecule has 1 atom stereocenters. The average Bonchev–Trinajstić information content (AvgIpc) is 3.02. The molecule has 2 rings (SSSR count). The summed E-state index contributed by atoms with van der Waals surface area (Å²) < 4.78 is 5.56. The van der Waals surface area contributed by atoms with E-state index >= 15 is 0 Å². The van der Waals surface area contributed by atoms with Gasteiger partial charge in [-0.05, 0) is 29.9 Å². The van der Waals surface area contributed by atoms with Gasteiger partial charge in [-0.25, -0.2) is 0 Å². The zero-order valence-electron chi connectivity index (χ0n) is 16.3. The largest absolute Gasteiger partial charge is 0.381 e. The molecule has 1 heterocycles. The second kappa shape index (κ2) is 10.4. The van der Waals surface area contributed by atoms with Crippen molar-refractivity contribution in [3.8, 4) is 0 Å². The summed E-state index contributed by atoms with van der Waals surface area (Å²) in [6.07, 6.45) is 1.18. The van der Waals surface area contributed by atoms with Crippen molar-refractivity contribution in [1.29, 1.82) is 0 Å². The van der Waals surface area contributed by atoms with Gasteiger partial charge in [0.05, 0.1) is 6.61 Å². The van der Waals surface area contributed by atoms with Crippen LogP contribution in [0, 0.1) is 5.92 Å². The molecule has 1 N–H and O–H groups in total. The second-order valence-electron chi connectivity index (χ2n) is 7.61. The SMILES string of the molecule is CCOCC1CCN(C(=NC)NCc2ccc(C(C)(C)C)cc2)C1.I. The van der Waals surface area contributed by atoms with Gasteiger partial charge in [-0.3, -0.25) is 4.99 Å². The molecule has 0 aliphatic carbocycles. The molecule has 4 nitrogen and oxygen atoms in total. The zero-order valence-corrected chi connectivity index (χ0v) is 18.7. The summed E-state index contributed by atoms with van der Waals surface area (Å²) in [7, 11) is 1.86. The van der Waals surface area contributed by atoms with E-state index in [2.05, 4.69) is 67.2 Å². The first-order chi connectivity index (χ1) is 11.4. The first-order valence-electron chi connectivity index (χ1n) is 9.06. The third-order valence-electron chi connectivity index (χ3n) is 4.63. The summed E-state index contributed by atoms with van der Waals surface area (Å²) in [5.74, 6) is 1.61. The van der Waals surface area contributed by atoms with Crippen molar-refractivity contribution in [3.05, 3.63) is 35.4 Å². The highest BCUT2D eigenvalue weighted by atomic mass is 127. The van der Waals surface area contributed by atoms with E-state index < -0.39 is 0 Å². The fourth-order valence-electron chi connectivity index (χ4n) is 3.08. The monoisotopic (exact) mass is 459 g/mol. The minimum atomic E-state index is 0. The molecule has 25 heavy (non-hydrogen) atoms. The Labute approximate surface area is 170 Å². The van der Waals surface area contributed by atoms with Crippen LogP contribution < -0.4 is 5.32 Å². The van der Waals surface area contributed by atoms with Crippen LogP contribution in [0.3, 0.4) is 0 Å². The van der Waals surface area contributed by atoms with Gasteiger partial charge >= 0.3 is 0 Å². The molecule has 0 spiro atoms. The first-order valence-corrected chi connectivity index (χ1v) is 9.06. The highest BCUT2D eigenvalue weighted by Crippen LogP contribution is 2.22. The lowest BCUT2D eigenvalue weighted by molar-refractivity contribution is 0.114. The molecule has 1 fully saturated rings. The highest BCUT2D eigenvalue weighted by Gasteiger charge is 2.24. The summed E-state index contributed by atoms with van der Waals surface area (Å²) in [5, 5.41) is 3.50. The summed E-state index contributed by atoms with van der Waals surface area (Å²) in [6.45, 7) is 13.3. The van der Waals surface area contributed by atoms with Gasteiger partial charge < -0.3 is 15.0 Å². The van der Waals surface area contributed by atoms with Crippen LogP contribution in [0.1, 0.15) is 45.2 Å². The number of nitrogens with one attached hydrogen (secondary N) is 1. The topological polar surface area (TPSA) is 36.9 Å². The summed E-state index contributed by atoms with van der Waals surface area (Å²) >= 11 is 0. The minimum Gasteiger partial charge on any atom is -0.381 e. The molecule has 0 bridgehead atoms. The first kappa shape index (κ1) is 22.2. The predicted octanol–water partition coefficient (Wildman–Crippen LogP) is 4.04. The van der Waals surface area contributed by atoms with Crippen molar-refractivity contribution in [3.63, 3.8) is 0 Å². The molecule has 1 aliphatic rings. The van der Waals surface area contributed by atoms with E-state index in [1.165, 1.54) is 17.5 Å². The van der Waals surface area contributed by atoms with Crippen LogP contribution in [-0.2, 0) is 16.7 Å². The van der Waals surface area contributed by atoms with Crippen LogP contribution in [0.15, 0.2) is 29.3 Å². The average molecular weight is 459 g/mol. The number of nitrogens with zero attached hydrogens (tertiary/aromatic N) is 2. The molecule has 1 aromatic rings. The lowest BCUT2D eigenvalue weighted by Gasteiger charge is -2.22. The molecular formula is C20H34IN3O. The maximum Gasteiger partial charge on any atom is 0.193 e. The quantitative estimate of drug-likeness (QED) is 0.411. The fraction of sp³-hybridized carbons (Fsp3) is 0.650. The van der Waals surface area contributed by atoms with E-state index in [9.17, 15) is 0 Å². The number of benzene rings is 1. The Morgan fingerprint density at radius 3 is 2.52 bits per heavy atom. The minimum absolute atomic E-state index is 0. The Hall–Kier alpha value is -0.820. The van der Waals surface area contributed by atoms with Gasteiger partial charge in [-0.2, -0.15) is 0 Å². The molecule has 0 aromatic heterocycles. The maximum absolute atomic E-state index is 5.56. The molecule has 142 valence electrons. The molecular weight excluding hydrogens is 425 g/mol. The Balaban J connectivity index is 0.00000312. The summed E-state index contributed by atoms with van der Waals surface area (Å²) in [6, 6.07) is 8.88. The van der Waals surface area contributed by atoms with Gasteiger partial charge in [-0.15, -0.1) is 24.0 Å². The Morgan fingerprint density at radius 1 is 1.28 bits per heavy atom. The van der Waals surface area contributed by atoms with Crippen molar-refractivity contribution in [2.75, 3.05) is 33.4 Å². The van der Waals surface area contributed by atoms with Crippen LogP contribution in [0.25, 0.3) is 0 Å². The third kappa shape index (κ3) is 6.77. The molecule has 1 saturated heterocycles. The van der Waals surface area contributed by atoms with E-state index in [0.717, 1.165) is 38.8 Å². The number of hydrogen-bond donors (Lipinski definition) is 1. The normalized spacial score (nSPS) is 18.2. The van der Waals surface area contributed by atoms with E-state index in [1.54, 1.807) is 0 Å². The van der Waals surface area contributed by atoms with E-state index in [4.69, 9.17) is 4.74 Å². The van der Waals surface area contributed by atoms with Crippen LogP contribution in [0.2, 0.25) is 0 Å². The molecule has 0 saturated carbocycles. The molecule has 0 radical (unpaired) electrons. The Bertz CT molecular complexity index is 537. The molecule has 1 unspecified atom stereocenters. The smallest absolute Gasteiger partial charge is 0.193 e. The lowest BCUT2D eigenvalue weighted by atomic mass is 9.87. The van der Waals surface area contributed by atoms with E-state index in [0.29, 0.717) is 5.92 Å². The van der Waals surface area contributed by atoms with Gasteiger partial charge in [0.2, 0.25) is 0 Å². The number of likely N-dealkylation sites (tertiary alicyclic amines) is 1. The number of hydrogen-bond acceptors (Lipinski definition) is 2. The standard InChI is InChI=1S/C20H33N3O.HI/c1-6-24-15-17-11-12-23(14-17)19(21-5)22-13-16-7-9-18(10-8-16)20(2,3)4;/h7-10,17H,6,11-15H2,1-5H3,(H,21,22);1H.